The first-order valence-electron chi connectivity index (χ1n) is 21.8. The van der Waals surface area contributed by atoms with E-state index in [9.17, 15) is 18.6 Å². The van der Waals surface area contributed by atoms with E-state index in [-0.39, 0.29) is 34.5 Å². The van der Waals surface area contributed by atoms with Crippen LogP contribution in [0.1, 0.15) is 87.8 Å². The van der Waals surface area contributed by atoms with Gasteiger partial charge in [-0.3, -0.25) is 29.2 Å². The highest BCUT2D eigenvalue weighted by Crippen LogP contribution is 2.32. The zero-order valence-corrected chi connectivity index (χ0v) is 37.2. The number of anilines is 4. The van der Waals surface area contributed by atoms with Crippen LogP contribution >= 0.6 is 11.6 Å². The van der Waals surface area contributed by atoms with Crippen LogP contribution in [0.3, 0.4) is 0 Å². The molecule has 2 aromatic carbocycles. The van der Waals surface area contributed by atoms with E-state index in [4.69, 9.17) is 16.3 Å². The average molecular weight is 875 g/mol. The van der Waals surface area contributed by atoms with Gasteiger partial charge in [-0.2, -0.15) is 4.98 Å². The van der Waals surface area contributed by atoms with E-state index >= 15 is 0 Å². The van der Waals surface area contributed by atoms with Crippen LogP contribution in [0.5, 0.6) is 0 Å². The number of aromatic nitrogens is 3. The van der Waals surface area contributed by atoms with E-state index in [2.05, 4.69) is 65.6 Å². The van der Waals surface area contributed by atoms with Crippen molar-refractivity contribution in [3.8, 4) is 0 Å². The van der Waals surface area contributed by atoms with Gasteiger partial charge < -0.3 is 20.3 Å². The Morgan fingerprint density at radius 1 is 0.902 bits per heavy atom. The highest BCUT2D eigenvalue weighted by molar-refractivity contribution is 7.83. The Hall–Kier alpha value is -4.41. The third-order valence-corrected chi connectivity index (χ3v) is 13.8. The first kappa shape index (κ1) is 44.6. The minimum absolute atomic E-state index is 0.105. The fourth-order valence-corrected chi connectivity index (χ4v) is 10.1. The van der Waals surface area contributed by atoms with Crippen LogP contribution in [0, 0.1) is 19.8 Å². The lowest BCUT2D eigenvalue weighted by atomic mass is 9.89. The van der Waals surface area contributed by atoms with Crippen LogP contribution in [0.4, 0.5) is 23.0 Å². The molecule has 16 heteroatoms. The topological polar surface area (TPSA) is 163 Å². The van der Waals surface area contributed by atoms with Crippen molar-refractivity contribution in [1.29, 1.82) is 0 Å². The molecule has 0 bridgehead atoms. The van der Waals surface area contributed by atoms with Crippen molar-refractivity contribution in [2.45, 2.75) is 101 Å². The van der Waals surface area contributed by atoms with Gasteiger partial charge in [0.2, 0.25) is 17.8 Å². The highest BCUT2D eigenvalue weighted by Gasteiger charge is 2.27. The Labute approximate surface area is 366 Å². The molecule has 8 rings (SSSR count). The number of rotatable bonds is 13. The van der Waals surface area contributed by atoms with E-state index in [1.165, 1.54) is 49.9 Å². The van der Waals surface area contributed by atoms with Crippen LogP contribution in [0.15, 0.2) is 58.4 Å². The first-order valence-corrected chi connectivity index (χ1v) is 23.4. The summed E-state index contributed by atoms with van der Waals surface area (Å²) in [7, 11) is 0.285. The number of piperidine rings is 1. The minimum Gasteiger partial charge on any atom is -0.383 e. The predicted octanol–water partition coefficient (Wildman–Crippen LogP) is 6.79. The Balaban J connectivity index is 0.000000185. The molecule has 4 aromatic rings. The number of amides is 2. The summed E-state index contributed by atoms with van der Waals surface area (Å²) < 4.78 is 22.0. The van der Waals surface area contributed by atoms with Crippen LogP contribution in [0.25, 0.3) is 11.0 Å². The Morgan fingerprint density at radius 2 is 1.66 bits per heavy atom. The van der Waals surface area contributed by atoms with Crippen LogP contribution < -0.4 is 31.1 Å². The third-order valence-electron chi connectivity index (χ3n) is 12.3. The minimum atomic E-state index is -1.32. The van der Waals surface area contributed by atoms with E-state index in [0.29, 0.717) is 42.5 Å². The molecular formula is C45H60ClN9O5S. The number of fused-ring (bicyclic) bond motifs is 1. The molecule has 4 heterocycles. The molecule has 2 saturated heterocycles. The number of methoxy groups -OCH3 is 1. The maximum absolute atomic E-state index is 12.8. The Kier molecular flexibility index (Phi) is 15.4. The molecule has 2 unspecified atom stereocenters. The molecule has 0 spiro atoms. The smallest absolute Gasteiger partial charge is 0.271 e. The van der Waals surface area contributed by atoms with Gasteiger partial charge >= 0.3 is 0 Å². The number of halogens is 1. The summed E-state index contributed by atoms with van der Waals surface area (Å²) in [6.45, 7) is 10.8. The average Bonchev–Trinajstić information content (AvgIpc) is 3.79. The SMILES string of the molecule is COCCNS(=O)c1ccc(Nc2ncc3cc(Cl)c(=O)n(C4CCCC4)c3n2)c(C)c1.Cc1cc(NC2CCC(=O)NC2=O)ccc1N1CCN(CC2CCCCC2)CC1. The Bertz CT molecular complexity index is 2250. The quantitative estimate of drug-likeness (QED) is 0.0828. The number of nitrogens with zero attached hydrogens (tertiary/aromatic N) is 5. The van der Waals surface area contributed by atoms with Crippen molar-refractivity contribution in [2.24, 2.45) is 5.92 Å². The van der Waals surface area contributed by atoms with E-state index in [1.807, 2.05) is 19.1 Å². The van der Waals surface area contributed by atoms with E-state index in [0.717, 1.165) is 80.1 Å². The standard InChI is InChI=1S/C23H34N4O2.C22H26ClN5O3S/c1-17-15-19(24-20-8-10-22(28)25-23(20)29)7-9-21(17)27-13-11-26(12-14-27)16-18-5-3-2-4-6-18;1-14-11-17(32(30)25-9-10-31-2)7-8-19(14)26-22-24-13-15-12-18(23)21(29)28(20(15)27-22)16-5-3-4-6-16/h7,9,15,18,20,24H,2-6,8,10-14,16H2,1H3,(H,25,28,29);7-8,11-13,16,25H,3-6,9-10H2,1-2H3,(H,24,26,27). The number of piperazine rings is 1. The molecule has 2 amide bonds. The van der Waals surface area contributed by atoms with Crippen LogP contribution in [-0.4, -0.2) is 94.5 Å². The van der Waals surface area contributed by atoms with Crippen molar-refractivity contribution < 1.29 is 18.5 Å². The number of hydrogen-bond donors (Lipinski definition) is 4. The second-order valence-corrected chi connectivity index (χ2v) is 18.5. The maximum atomic E-state index is 12.8. The van der Waals surface area contributed by atoms with Gasteiger partial charge in [0, 0.05) is 87.5 Å². The summed E-state index contributed by atoms with van der Waals surface area (Å²) in [6, 6.07) is 13.2. The normalized spacial score (nSPS) is 19.7. The summed E-state index contributed by atoms with van der Waals surface area (Å²) in [4.78, 5) is 51.0. The lowest BCUT2D eigenvalue weighted by Gasteiger charge is -2.39. The van der Waals surface area contributed by atoms with Crippen LogP contribution in [-0.2, 0) is 25.3 Å². The van der Waals surface area contributed by atoms with Gasteiger partial charge in [0.1, 0.15) is 27.7 Å². The summed E-state index contributed by atoms with van der Waals surface area (Å²) >= 11 is 6.20. The van der Waals surface area contributed by atoms with Gasteiger partial charge in [-0.25, -0.2) is 13.9 Å². The fraction of sp³-hybridized carbons (Fsp3) is 0.533. The zero-order valence-electron chi connectivity index (χ0n) is 35.6. The molecule has 61 heavy (non-hydrogen) atoms. The molecule has 4 N–H and O–H groups in total. The molecule has 4 fully saturated rings. The number of carbonyl (C=O) groups excluding carboxylic acids is 2. The predicted molar refractivity (Wildman–Crippen MR) is 243 cm³/mol. The molecule has 2 aliphatic heterocycles. The highest BCUT2D eigenvalue weighted by atomic mass is 35.5. The number of imide groups is 1. The van der Waals surface area contributed by atoms with E-state index in [1.54, 1.807) is 30.0 Å². The molecule has 2 aliphatic carbocycles. The van der Waals surface area contributed by atoms with Crippen molar-refractivity contribution in [3.63, 3.8) is 0 Å². The molecule has 0 radical (unpaired) electrons. The number of aryl methyl sites for hydroxylation is 2. The van der Waals surface area contributed by atoms with Gasteiger partial charge in [-0.15, -0.1) is 0 Å². The monoisotopic (exact) mass is 873 g/mol. The molecule has 14 nitrogen and oxygen atoms in total. The molecule has 2 aromatic heterocycles. The van der Waals surface area contributed by atoms with Gasteiger partial charge in [0.25, 0.3) is 5.56 Å². The maximum Gasteiger partial charge on any atom is 0.271 e. The molecule has 2 saturated carbocycles. The zero-order chi connectivity index (χ0) is 42.9. The Morgan fingerprint density at radius 3 is 2.36 bits per heavy atom. The molecular weight excluding hydrogens is 814 g/mol. The van der Waals surface area contributed by atoms with Gasteiger partial charge in [0.15, 0.2) is 0 Å². The summed E-state index contributed by atoms with van der Waals surface area (Å²) in [5.41, 5.74) is 5.53. The summed E-state index contributed by atoms with van der Waals surface area (Å²) in [6.07, 6.45) is 13.8. The second kappa shape index (κ2) is 21.1. The summed E-state index contributed by atoms with van der Waals surface area (Å²) in [5, 5.41) is 9.84. The lowest BCUT2D eigenvalue weighted by Crippen LogP contribution is -2.48. The lowest BCUT2D eigenvalue weighted by molar-refractivity contribution is -0.133. The third kappa shape index (κ3) is 11.5. The van der Waals surface area contributed by atoms with Gasteiger partial charge in [-0.05, 0) is 105 Å². The summed E-state index contributed by atoms with van der Waals surface area (Å²) in [5.74, 6) is 0.898. The van der Waals surface area contributed by atoms with Gasteiger partial charge in [-0.1, -0.05) is 43.7 Å². The van der Waals surface area contributed by atoms with E-state index < -0.39 is 11.0 Å². The number of carbonyl (C=O) groups is 2. The van der Waals surface area contributed by atoms with Crippen molar-refractivity contribution >= 4 is 68.4 Å². The van der Waals surface area contributed by atoms with Crippen molar-refractivity contribution in [1.82, 2.24) is 29.5 Å². The molecule has 2 atom stereocenters. The second-order valence-electron chi connectivity index (χ2n) is 16.8. The number of nitrogens with one attached hydrogen (secondary N) is 4. The van der Waals surface area contributed by atoms with Crippen LogP contribution in [0.2, 0.25) is 5.02 Å². The number of benzene rings is 2. The fourth-order valence-electron chi connectivity index (χ4n) is 9.02. The largest absolute Gasteiger partial charge is 0.383 e. The first-order chi connectivity index (χ1) is 29.6. The van der Waals surface area contributed by atoms with Crippen molar-refractivity contribution in [2.75, 3.05) is 68.5 Å². The van der Waals surface area contributed by atoms with Gasteiger partial charge in [0.05, 0.1) is 11.5 Å². The van der Waals surface area contributed by atoms with Crippen molar-refractivity contribution in [3.05, 3.63) is 75.2 Å². The molecule has 4 aliphatic rings. The number of ether oxygens (including phenoxy) is 1. The number of pyridine rings is 1. The number of hydrogen-bond acceptors (Lipinski definition) is 11. The molecule has 328 valence electrons.